The Hall–Kier alpha value is -2.08. The van der Waals surface area contributed by atoms with Gasteiger partial charge in [0.2, 0.25) is 0 Å². The number of halogens is 2. The molecule has 0 aliphatic heterocycles. The highest BCUT2D eigenvalue weighted by Crippen LogP contribution is 2.25. The van der Waals surface area contributed by atoms with Crippen LogP contribution in [-0.2, 0) is 4.79 Å². The maximum atomic E-state index is 12.1. The van der Waals surface area contributed by atoms with E-state index >= 15 is 0 Å². The number of carbonyl (C=O) groups excluding carboxylic acids is 1. The fraction of sp³-hybridized carbons (Fsp3) is 0.0667. The third kappa shape index (κ3) is 3.06. The summed E-state index contributed by atoms with van der Waals surface area (Å²) in [6, 6.07) is 9.79. The molecule has 0 radical (unpaired) electrons. The lowest BCUT2D eigenvalue weighted by molar-refractivity contribution is -0.124. The topological polar surface area (TPSA) is 78.0 Å². The van der Waals surface area contributed by atoms with Crippen LogP contribution in [0.2, 0.25) is 10.0 Å². The molecule has 5 nitrogen and oxygen atoms in total. The summed E-state index contributed by atoms with van der Waals surface area (Å²) in [5.74, 6) is -0.568. The molecule has 1 unspecified atom stereocenters. The number of nitrogens with one attached hydrogen (secondary N) is 2. The van der Waals surface area contributed by atoms with Crippen LogP contribution in [0.25, 0.3) is 10.9 Å². The zero-order valence-electron chi connectivity index (χ0n) is 11.2. The molecular formula is C15H11Cl2N3O2. The summed E-state index contributed by atoms with van der Waals surface area (Å²) < 4.78 is 0. The van der Waals surface area contributed by atoms with Gasteiger partial charge in [-0.3, -0.25) is 9.89 Å². The molecule has 0 aliphatic rings. The first-order valence-corrected chi connectivity index (χ1v) is 7.16. The van der Waals surface area contributed by atoms with Crippen LogP contribution < -0.4 is 5.32 Å². The van der Waals surface area contributed by atoms with E-state index in [2.05, 4.69) is 15.5 Å². The minimum Gasteiger partial charge on any atom is -0.378 e. The van der Waals surface area contributed by atoms with Crippen molar-refractivity contribution in [2.24, 2.45) is 0 Å². The van der Waals surface area contributed by atoms with Gasteiger partial charge in [-0.2, -0.15) is 5.10 Å². The standard InChI is InChI=1S/C15H11Cl2N3O2/c16-10-3-8(4-11(17)6-10)14(21)15(22)19-12-1-2-13-9(5-12)7-18-20-13/h1-7,14,21H,(H,18,20)(H,19,22). The number of rotatable bonds is 3. The highest BCUT2D eigenvalue weighted by atomic mass is 35.5. The Morgan fingerprint density at radius 2 is 1.91 bits per heavy atom. The van der Waals surface area contributed by atoms with Crippen molar-refractivity contribution >= 4 is 45.7 Å². The first-order valence-electron chi connectivity index (χ1n) is 6.41. The van der Waals surface area contributed by atoms with Crippen molar-refractivity contribution in [2.75, 3.05) is 5.32 Å². The van der Waals surface area contributed by atoms with Crippen LogP contribution in [0, 0.1) is 0 Å². The Bertz CT molecular complexity index is 827. The Morgan fingerprint density at radius 1 is 1.18 bits per heavy atom. The first kappa shape index (κ1) is 14.8. The van der Waals surface area contributed by atoms with Crippen molar-refractivity contribution in [3.8, 4) is 0 Å². The minimum absolute atomic E-state index is 0.333. The molecule has 3 N–H and O–H groups in total. The van der Waals surface area contributed by atoms with E-state index in [4.69, 9.17) is 23.2 Å². The summed E-state index contributed by atoms with van der Waals surface area (Å²) in [5, 5.41) is 21.1. The highest BCUT2D eigenvalue weighted by Gasteiger charge is 2.18. The average molecular weight is 336 g/mol. The van der Waals surface area contributed by atoms with E-state index in [-0.39, 0.29) is 0 Å². The highest BCUT2D eigenvalue weighted by molar-refractivity contribution is 6.34. The van der Waals surface area contributed by atoms with Crippen LogP contribution in [-0.4, -0.2) is 21.2 Å². The van der Waals surface area contributed by atoms with Crippen LogP contribution in [0.5, 0.6) is 0 Å². The lowest BCUT2D eigenvalue weighted by Crippen LogP contribution is -2.20. The Balaban J connectivity index is 1.80. The fourth-order valence-corrected chi connectivity index (χ4v) is 2.66. The number of fused-ring (bicyclic) bond motifs is 1. The van der Waals surface area contributed by atoms with Gasteiger partial charge in [-0.05, 0) is 42.0 Å². The van der Waals surface area contributed by atoms with E-state index in [1.165, 1.54) is 18.2 Å². The number of aliphatic hydroxyl groups excluding tert-OH is 1. The predicted molar refractivity (Wildman–Crippen MR) is 86.1 cm³/mol. The van der Waals surface area contributed by atoms with Gasteiger partial charge >= 0.3 is 0 Å². The number of hydrogen-bond donors (Lipinski definition) is 3. The number of H-pyrrole nitrogens is 1. The molecule has 1 atom stereocenters. The fourth-order valence-electron chi connectivity index (χ4n) is 2.12. The van der Waals surface area contributed by atoms with Gasteiger partial charge < -0.3 is 10.4 Å². The SMILES string of the molecule is O=C(Nc1ccc2[nH]ncc2c1)C(O)c1cc(Cl)cc(Cl)c1. The summed E-state index contributed by atoms with van der Waals surface area (Å²) in [4.78, 5) is 12.1. The number of aliphatic hydroxyl groups is 1. The van der Waals surface area contributed by atoms with Gasteiger partial charge in [0, 0.05) is 21.1 Å². The van der Waals surface area contributed by atoms with Crippen molar-refractivity contribution in [2.45, 2.75) is 6.10 Å². The number of aromatic amines is 1. The Morgan fingerprint density at radius 3 is 2.64 bits per heavy atom. The van der Waals surface area contributed by atoms with Gasteiger partial charge in [-0.15, -0.1) is 0 Å². The van der Waals surface area contributed by atoms with Crippen molar-refractivity contribution in [1.29, 1.82) is 0 Å². The van der Waals surface area contributed by atoms with E-state index in [1.807, 2.05) is 0 Å². The maximum Gasteiger partial charge on any atom is 0.257 e. The van der Waals surface area contributed by atoms with Gasteiger partial charge in [0.1, 0.15) is 0 Å². The number of nitrogens with zero attached hydrogens (tertiary/aromatic N) is 1. The van der Waals surface area contributed by atoms with E-state index in [0.717, 1.165) is 10.9 Å². The molecule has 0 aliphatic carbocycles. The summed E-state index contributed by atoms with van der Waals surface area (Å²) in [7, 11) is 0. The molecule has 0 spiro atoms. The monoisotopic (exact) mass is 335 g/mol. The lowest BCUT2D eigenvalue weighted by atomic mass is 10.1. The Kier molecular flexibility index (Phi) is 4.02. The quantitative estimate of drug-likeness (QED) is 0.684. The smallest absolute Gasteiger partial charge is 0.257 e. The van der Waals surface area contributed by atoms with Crippen LogP contribution in [0.4, 0.5) is 5.69 Å². The molecule has 0 bridgehead atoms. The molecule has 112 valence electrons. The second-order valence-electron chi connectivity index (χ2n) is 4.77. The molecule has 1 heterocycles. The number of anilines is 1. The summed E-state index contributed by atoms with van der Waals surface area (Å²) in [5.41, 5.74) is 1.76. The molecular weight excluding hydrogens is 325 g/mol. The predicted octanol–water partition coefficient (Wildman–Crippen LogP) is 3.54. The van der Waals surface area contributed by atoms with Gasteiger partial charge in [0.05, 0.1) is 11.7 Å². The van der Waals surface area contributed by atoms with Crippen molar-refractivity contribution in [3.05, 3.63) is 58.2 Å². The van der Waals surface area contributed by atoms with Crippen molar-refractivity contribution in [1.82, 2.24) is 10.2 Å². The van der Waals surface area contributed by atoms with Gasteiger partial charge in [0.25, 0.3) is 5.91 Å². The number of benzene rings is 2. The number of aromatic nitrogens is 2. The molecule has 7 heteroatoms. The van der Waals surface area contributed by atoms with Crippen LogP contribution >= 0.6 is 23.2 Å². The molecule has 0 fully saturated rings. The van der Waals surface area contributed by atoms with Crippen LogP contribution in [0.1, 0.15) is 11.7 Å². The van der Waals surface area contributed by atoms with Crippen molar-refractivity contribution < 1.29 is 9.90 Å². The molecule has 0 saturated carbocycles. The second kappa shape index (κ2) is 5.96. The molecule has 3 rings (SSSR count). The molecule has 2 aromatic carbocycles. The van der Waals surface area contributed by atoms with E-state index in [9.17, 15) is 9.90 Å². The van der Waals surface area contributed by atoms with Crippen LogP contribution in [0.3, 0.4) is 0 Å². The van der Waals surface area contributed by atoms with E-state index in [1.54, 1.807) is 24.4 Å². The van der Waals surface area contributed by atoms with Gasteiger partial charge in [-0.25, -0.2) is 0 Å². The molecule has 1 aromatic heterocycles. The normalized spacial score (nSPS) is 12.3. The zero-order valence-corrected chi connectivity index (χ0v) is 12.7. The molecule has 1 amide bonds. The maximum absolute atomic E-state index is 12.1. The number of carbonyl (C=O) groups is 1. The molecule has 3 aromatic rings. The summed E-state index contributed by atoms with van der Waals surface area (Å²) in [6.45, 7) is 0. The van der Waals surface area contributed by atoms with Crippen molar-refractivity contribution in [3.63, 3.8) is 0 Å². The summed E-state index contributed by atoms with van der Waals surface area (Å²) in [6.07, 6.45) is 0.286. The average Bonchev–Trinajstić information content (AvgIpc) is 2.93. The summed E-state index contributed by atoms with van der Waals surface area (Å²) >= 11 is 11.7. The second-order valence-corrected chi connectivity index (χ2v) is 5.64. The minimum atomic E-state index is -1.36. The lowest BCUT2D eigenvalue weighted by Gasteiger charge is -2.12. The van der Waals surface area contributed by atoms with Gasteiger partial charge in [-0.1, -0.05) is 23.2 Å². The van der Waals surface area contributed by atoms with E-state index < -0.39 is 12.0 Å². The van der Waals surface area contributed by atoms with Crippen LogP contribution in [0.15, 0.2) is 42.6 Å². The third-order valence-electron chi connectivity index (χ3n) is 3.16. The first-order chi connectivity index (χ1) is 10.5. The number of amides is 1. The van der Waals surface area contributed by atoms with E-state index in [0.29, 0.717) is 21.3 Å². The van der Waals surface area contributed by atoms with Gasteiger partial charge in [0.15, 0.2) is 6.10 Å². The largest absolute Gasteiger partial charge is 0.378 e. The number of hydrogen-bond acceptors (Lipinski definition) is 3. The third-order valence-corrected chi connectivity index (χ3v) is 3.59. The molecule has 22 heavy (non-hydrogen) atoms. The molecule has 0 saturated heterocycles. The zero-order chi connectivity index (χ0) is 15.7. The Labute approximate surface area is 135 Å².